The maximum absolute atomic E-state index is 13.6. The number of esters is 1. The fourth-order valence-electron chi connectivity index (χ4n) is 4.71. The van der Waals surface area contributed by atoms with Gasteiger partial charge in [-0.25, -0.2) is 0 Å². The Morgan fingerprint density at radius 3 is 2.29 bits per heavy atom. The standard InChI is InChI=1S/C31H28Cl3N3O8/c1-17-23(24-14-22(44-3)12-13-26(24)36(17)29(40)19-4-8-20(32)9-5-19)15-27(38)45-16-25(35-30(41)31(2,33)34)28(39)18-6-10-21(11-7-18)37(42)43/h4-14,25,28,39H,15-16H2,1-3H3,(H,35,41). The van der Waals surface area contributed by atoms with E-state index in [4.69, 9.17) is 44.3 Å². The van der Waals surface area contributed by atoms with Crippen molar-refractivity contribution in [1.29, 1.82) is 0 Å². The maximum atomic E-state index is 13.6. The van der Waals surface area contributed by atoms with Crippen LogP contribution in [0.4, 0.5) is 5.69 Å². The van der Waals surface area contributed by atoms with E-state index < -0.39 is 39.9 Å². The molecule has 3 aromatic carbocycles. The van der Waals surface area contributed by atoms with Crippen molar-refractivity contribution in [3.05, 3.63) is 104 Å². The summed E-state index contributed by atoms with van der Waals surface area (Å²) < 4.78 is 10.5. The van der Waals surface area contributed by atoms with Gasteiger partial charge in [-0.3, -0.25) is 29.1 Å². The van der Waals surface area contributed by atoms with Crippen LogP contribution in [-0.2, 0) is 20.7 Å². The highest BCUT2D eigenvalue weighted by molar-refractivity contribution is 6.57. The largest absolute Gasteiger partial charge is 0.497 e. The summed E-state index contributed by atoms with van der Waals surface area (Å²) in [5.74, 6) is -1.42. The summed E-state index contributed by atoms with van der Waals surface area (Å²) in [6, 6.07) is 15.3. The van der Waals surface area contributed by atoms with Crippen LogP contribution < -0.4 is 10.1 Å². The summed E-state index contributed by atoms with van der Waals surface area (Å²) in [4.78, 5) is 49.8. The van der Waals surface area contributed by atoms with Crippen molar-refractivity contribution in [3.63, 3.8) is 0 Å². The number of fused-ring (bicyclic) bond motifs is 1. The van der Waals surface area contributed by atoms with Gasteiger partial charge in [0, 0.05) is 33.8 Å². The minimum absolute atomic E-state index is 0.201. The number of aliphatic hydroxyl groups is 1. The van der Waals surface area contributed by atoms with Crippen LogP contribution in [0, 0.1) is 17.0 Å². The Morgan fingerprint density at radius 2 is 1.71 bits per heavy atom. The first-order chi connectivity index (χ1) is 21.2. The predicted molar refractivity (Wildman–Crippen MR) is 169 cm³/mol. The Hall–Kier alpha value is -4.16. The summed E-state index contributed by atoms with van der Waals surface area (Å²) in [5, 5.41) is 25.6. The minimum atomic E-state index is -1.87. The normalized spacial score (nSPS) is 12.8. The fraction of sp³-hybridized carbons (Fsp3) is 0.258. The van der Waals surface area contributed by atoms with Crippen molar-refractivity contribution in [2.75, 3.05) is 13.7 Å². The number of aliphatic hydroxyl groups excluding tert-OH is 1. The molecule has 0 radical (unpaired) electrons. The second-order valence-corrected chi connectivity index (χ2v) is 12.4. The van der Waals surface area contributed by atoms with Crippen LogP contribution >= 0.6 is 34.8 Å². The summed E-state index contributed by atoms with van der Waals surface area (Å²) in [5.41, 5.74) is 1.92. The van der Waals surface area contributed by atoms with Gasteiger partial charge in [-0.15, -0.1) is 0 Å². The first-order valence-corrected chi connectivity index (χ1v) is 14.6. The lowest BCUT2D eigenvalue weighted by molar-refractivity contribution is -0.384. The average Bonchev–Trinajstić information content (AvgIpc) is 3.27. The zero-order chi connectivity index (χ0) is 33.1. The topological polar surface area (TPSA) is 150 Å². The SMILES string of the molecule is COc1ccc2c(c1)c(CC(=O)OCC(NC(=O)C(C)(Cl)Cl)C(O)c1ccc([N+](=O)[O-])cc1)c(C)n2C(=O)c1ccc(Cl)cc1. The molecule has 14 heteroatoms. The maximum Gasteiger partial charge on any atom is 0.310 e. The van der Waals surface area contributed by atoms with Gasteiger partial charge in [0.05, 0.1) is 30.0 Å². The number of amides is 1. The molecule has 0 aliphatic rings. The minimum Gasteiger partial charge on any atom is -0.497 e. The molecular weight excluding hydrogens is 649 g/mol. The molecule has 4 aromatic rings. The zero-order valence-electron chi connectivity index (χ0n) is 24.3. The number of halogens is 3. The lowest BCUT2D eigenvalue weighted by atomic mass is 10.0. The predicted octanol–water partition coefficient (Wildman–Crippen LogP) is 5.71. The van der Waals surface area contributed by atoms with Crippen molar-refractivity contribution in [1.82, 2.24) is 9.88 Å². The number of nitrogens with zero attached hydrogens (tertiary/aromatic N) is 2. The molecular formula is C31H28Cl3N3O8. The first kappa shape index (κ1) is 33.7. The van der Waals surface area contributed by atoms with Gasteiger partial charge in [-0.1, -0.05) is 34.8 Å². The summed E-state index contributed by atoms with van der Waals surface area (Å²) in [6.45, 7) is 2.42. The number of benzene rings is 3. The number of ether oxygens (including phenoxy) is 2. The van der Waals surface area contributed by atoms with Crippen LogP contribution in [0.3, 0.4) is 0 Å². The second-order valence-electron chi connectivity index (χ2n) is 10.2. The number of hydrogen-bond acceptors (Lipinski definition) is 8. The van der Waals surface area contributed by atoms with Crippen LogP contribution in [0.25, 0.3) is 10.9 Å². The smallest absolute Gasteiger partial charge is 0.310 e. The van der Waals surface area contributed by atoms with Gasteiger partial charge in [0.15, 0.2) is 4.33 Å². The third kappa shape index (κ3) is 7.74. The molecule has 1 amide bonds. The fourth-order valence-corrected chi connectivity index (χ4v) is 4.94. The first-order valence-electron chi connectivity index (χ1n) is 13.5. The molecule has 2 N–H and O–H groups in total. The molecule has 1 aromatic heterocycles. The highest BCUT2D eigenvalue weighted by atomic mass is 35.5. The van der Waals surface area contributed by atoms with Crippen molar-refractivity contribution >= 4 is 69.2 Å². The van der Waals surface area contributed by atoms with Crippen molar-refractivity contribution in [2.45, 2.75) is 36.7 Å². The molecule has 0 saturated carbocycles. The zero-order valence-corrected chi connectivity index (χ0v) is 26.5. The van der Waals surface area contributed by atoms with Crippen molar-refractivity contribution < 1.29 is 33.9 Å². The van der Waals surface area contributed by atoms with E-state index in [9.17, 15) is 29.6 Å². The number of rotatable bonds is 11. The van der Waals surface area contributed by atoms with Crippen LogP contribution in [0.15, 0.2) is 66.7 Å². The van der Waals surface area contributed by atoms with Crippen molar-refractivity contribution in [2.24, 2.45) is 0 Å². The summed E-state index contributed by atoms with van der Waals surface area (Å²) >= 11 is 17.8. The van der Waals surface area contributed by atoms with Crippen LogP contribution in [-0.4, -0.2) is 56.5 Å². The average molecular weight is 677 g/mol. The Labute approximate surface area is 272 Å². The molecule has 2 unspecified atom stereocenters. The Morgan fingerprint density at radius 1 is 1.07 bits per heavy atom. The van der Waals surface area contributed by atoms with Gasteiger partial charge in [0.2, 0.25) is 0 Å². The number of alkyl halides is 2. The van der Waals surface area contributed by atoms with Crippen LogP contribution in [0.5, 0.6) is 5.75 Å². The molecule has 0 bridgehead atoms. The number of aromatic nitrogens is 1. The Kier molecular flexibility index (Phi) is 10.4. The lowest BCUT2D eigenvalue weighted by Gasteiger charge is -2.26. The number of nitro groups is 1. The molecule has 1 heterocycles. The molecule has 0 aliphatic carbocycles. The number of nitro benzene ring substituents is 1. The summed E-state index contributed by atoms with van der Waals surface area (Å²) in [6.07, 6.45) is -1.73. The molecule has 236 valence electrons. The van der Waals surface area contributed by atoms with Crippen molar-refractivity contribution in [3.8, 4) is 5.75 Å². The molecule has 0 aliphatic heterocycles. The second kappa shape index (κ2) is 13.9. The van der Waals surface area contributed by atoms with E-state index in [-0.39, 0.29) is 23.6 Å². The van der Waals surface area contributed by atoms with E-state index in [1.807, 2.05) is 0 Å². The van der Waals surface area contributed by atoms with Gasteiger partial charge < -0.3 is 19.9 Å². The van der Waals surface area contributed by atoms with E-state index in [0.29, 0.717) is 38.5 Å². The Balaban J connectivity index is 1.61. The van der Waals surface area contributed by atoms with Gasteiger partial charge in [0.1, 0.15) is 18.5 Å². The number of nitrogens with one attached hydrogen (secondary N) is 1. The molecule has 0 spiro atoms. The number of carbonyl (C=O) groups excluding carboxylic acids is 3. The van der Waals surface area contributed by atoms with E-state index in [1.165, 1.54) is 42.9 Å². The molecule has 0 fully saturated rings. The quantitative estimate of drug-likeness (QED) is 0.0889. The molecule has 0 saturated heterocycles. The molecule has 4 rings (SSSR count). The molecule has 45 heavy (non-hydrogen) atoms. The van der Waals surface area contributed by atoms with Gasteiger partial charge in [-0.05, 0) is 79.6 Å². The number of non-ortho nitro benzene ring substituents is 1. The van der Waals surface area contributed by atoms with Crippen LogP contribution in [0.1, 0.15) is 40.2 Å². The highest BCUT2D eigenvalue weighted by Gasteiger charge is 2.33. The number of carbonyl (C=O) groups is 3. The number of hydrogen-bond donors (Lipinski definition) is 2. The van der Waals surface area contributed by atoms with Gasteiger partial charge >= 0.3 is 5.97 Å². The third-order valence-electron chi connectivity index (χ3n) is 7.12. The summed E-state index contributed by atoms with van der Waals surface area (Å²) in [7, 11) is 1.50. The van der Waals surface area contributed by atoms with E-state index in [1.54, 1.807) is 49.4 Å². The van der Waals surface area contributed by atoms with E-state index in [2.05, 4.69) is 5.32 Å². The number of methoxy groups -OCH3 is 1. The monoisotopic (exact) mass is 675 g/mol. The van der Waals surface area contributed by atoms with E-state index in [0.717, 1.165) is 0 Å². The van der Waals surface area contributed by atoms with Gasteiger partial charge in [-0.2, -0.15) is 0 Å². The molecule has 2 atom stereocenters. The lowest BCUT2D eigenvalue weighted by Crippen LogP contribution is -2.48. The highest BCUT2D eigenvalue weighted by Crippen LogP contribution is 2.31. The van der Waals surface area contributed by atoms with Gasteiger partial charge in [0.25, 0.3) is 17.5 Å². The third-order valence-corrected chi connectivity index (χ3v) is 7.72. The van der Waals surface area contributed by atoms with Crippen LogP contribution in [0.2, 0.25) is 5.02 Å². The van der Waals surface area contributed by atoms with E-state index >= 15 is 0 Å². The molecule has 11 nitrogen and oxygen atoms in total. The Bertz CT molecular complexity index is 1750.